The molecular weight excluding hydrogens is 208 g/mol. The summed E-state index contributed by atoms with van der Waals surface area (Å²) in [5.41, 5.74) is 0.864. The van der Waals surface area contributed by atoms with Crippen LogP contribution in [0.3, 0.4) is 0 Å². The first-order chi connectivity index (χ1) is 7.52. The van der Waals surface area contributed by atoms with Gasteiger partial charge in [-0.3, -0.25) is 10.00 Å². The number of hydrogen-bond donors (Lipinski definition) is 2. The molecule has 0 aliphatic heterocycles. The van der Waals surface area contributed by atoms with Gasteiger partial charge >= 0.3 is 6.03 Å². The zero-order valence-electron chi connectivity index (χ0n) is 10.1. The van der Waals surface area contributed by atoms with Gasteiger partial charge in [0.1, 0.15) is 5.82 Å². The highest BCUT2D eigenvalue weighted by Gasteiger charge is 2.09. The molecule has 1 rings (SSSR count). The number of amides is 2. The number of aromatic nitrogens is 2. The second kappa shape index (κ2) is 5.50. The van der Waals surface area contributed by atoms with Gasteiger partial charge in [-0.1, -0.05) is 0 Å². The van der Waals surface area contributed by atoms with Gasteiger partial charge in [0, 0.05) is 20.2 Å². The molecule has 1 aromatic rings. The number of carbonyl (C=O) groups is 1. The minimum Gasteiger partial charge on any atom is -0.383 e. The molecule has 6 heteroatoms. The van der Waals surface area contributed by atoms with Crippen molar-refractivity contribution >= 4 is 11.8 Å². The Morgan fingerprint density at radius 1 is 1.69 bits per heavy atom. The number of nitrogens with one attached hydrogen (secondary N) is 2. The maximum atomic E-state index is 11.5. The average molecular weight is 226 g/mol. The second-order valence-electron chi connectivity index (χ2n) is 3.75. The van der Waals surface area contributed by atoms with Gasteiger partial charge < -0.3 is 10.1 Å². The van der Waals surface area contributed by atoms with Crippen molar-refractivity contribution in [3.05, 3.63) is 11.8 Å². The maximum absolute atomic E-state index is 11.5. The summed E-state index contributed by atoms with van der Waals surface area (Å²) in [5.74, 6) is 0.666. The molecule has 0 aliphatic rings. The van der Waals surface area contributed by atoms with Crippen LogP contribution in [0.1, 0.15) is 12.6 Å². The smallest absolute Gasteiger partial charge is 0.320 e. The highest BCUT2D eigenvalue weighted by atomic mass is 16.5. The maximum Gasteiger partial charge on any atom is 0.320 e. The molecule has 0 aliphatic carbocycles. The molecule has 1 heterocycles. The minimum absolute atomic E-state index is 0.0284. The van der Waals surface area contributed by atoms with E-state index in [-0.39, 0.29) is 12.1 Å². The van der Waals surface area contributed by atoms with E-state index in [9.17, 15) is 4.79 Å². The molecule has 0 saturated carbocycles. The highest BCUT2D eigenvalue weighted by molar-refractivity contribution is 5.88. The third-order valence-corrected chi connectivity index (χ3v) is 2.04. The predicted molar refractivity (Wildman–Crippen MR) is 61.4 cm³/mol. The lowest BCUT2D eigenvalue weighted by Gasteiger charge is -2.13. The molecule has 2 N–H and O–H groups in total. The zero-order chi connectivity index (χ0) is 12.1. The van der Waals surface area contributed by atoms with Crippen molar-refractivity contribution in [2.75, 3.05) is 19.0 Å². The van der Waals surface area contributed by atoms with E-state index < -0.39 is 0 Å². The van der Waals surface area contributed by atoms with Crippen molar-refractivity contribution in [3.8, 4) is 0 Å². The van der Waals surface area contributed by atoms with Crippen LogP contribution in [0.4, 0.5) is 10.6 Å². The third-order valence-electron chi connectivity index (χ3n) is 2.04. The number of urea groups is 1. The highest BCUT2D eigenvalue weighted by Crippen LogP contribution is 2.07. The molecule has 0 aromatic carbocycles. The number of anilines is 1. The molecule has 0 bridgehead atoms. The number of rotatable bonds is 4. The SMILES string of the molecule is COC[C@H](C)NC(=O)Nc1cc(C)nn1C. The van der Waals surface area contributed by atoms with Gasteiger partial charge in [-0.25, -0.2) is 4.79 Å². The summed E-state index contributed by atoms with van der Waals surface area (Å²) in [5, 5.41) is 9.59. The Balaban J connectivity index is 2.48. The van der Waals surface area contributed by atoms with Crippen molar-refractivity contribution in [2.24, 2.45) is 7.05 Å². The molecule has 0 radical (unpaired) electrons. The normalized spacial score (nSPS) is 12.2. The van der Waals surface area contributed by atoms with Crippen molar-refractivity contribution < 1.29 is 9.53 Å². The molecule has 6 nitrogen and oxygen atoms in total. The van der Waals surface area contributed by atoms with Gasteiger partial charge in [0.25, 0.3) is 0 Å². The Morgan fingerprint density at radius 3 is 2.88 bits per heavy atom. The van der Waals surface area contributed by atoms with Crippen LogP contribution in [0.15, 0.2) is 6.07 Å². The molecular formula is C10H18N4O2. The summed E-state index contributed by atoms with van der Waals surface area (Å²) < 4.78 is 6.54. The molecule has 0 unspecified atom stereocenters. The first kappa shape index (κ1) is 12.5. The number of hydrogen-bond acceptors (Lipinski definition) is 3. The van der Waals surface area contributed by atoms with Crippen LogP contribution in [0.2, 0.25) is 0 Å². The Hall–Kier alpha value is -1.56. The Bertz CT molecular complexity index is 362. The van der Waals surface area contributed by atoms with Gasteiger partial charge in [0.15, 0.2) is 0 Å². The molecule has 0 spiro atoms. The Morgan fingerprint density at radius 2 is 2.38 bits per heavy atom. The van der Waals surface area contributed by atoms with Gasteiger partial charge in [-0.15, -0.1) is 0 Å². The van der Waals surface area contributed by atoms with Crippen LogP contribution in [0.5, 0.6) is 0 Å². The van der Waals surface area contributed by atoms with E-state index in [4.69, 9.17) is 4.74 Å². The van der Waals surface area contributed by atoms with Crippen molar-refractivity contribution in [2.45, 2.75) is 19.9 Å². The van der Waals surface area contributed by atoms with Gasteiger partial charge in [0.2, 0.25) is 0 Å². The number of ether oxygens (including phenoxy) is 1. The minimum atomic E-state index is -0.257. The molecule has 2 amide bonds. The van der Waals surface area contributed by atoms with E-state index in [0.717, 1.165) is 5.69 Å². The molecule has 0 fully saturated rings. The van der Waals surface area contributed by atoms with Crippen LogP contribution >= 0.6 is 0 Å². The fourth-order valence-electron chi connectivity index (χ4n) is 1.40. The lowest BCUT2D eigenvalue weighted by Crippen LogP contribution is -2.38. The molecule has 1 atom stereocenters. The summed E-state index contributed by atoms with van der Waals surface area (Å²) in [6.45, 7) is 4.23. The predicted octanol–water partition coefficient (Wildman–Crippen LogP) is 0.885. The topological polar surface area (TPSA) is 68.2 Å². The lowest BCUT2D eigenvalue weighted by atomic mass is 10.4. The lowest BCUT2D eigenvalue weighted by molar-refractivity contribution is 0.173. The first-order valence-electron chi connectivity index (χ1n) is 5.10. The van der Waals surface area contributed by atoms with Gasteiger partial charge in [0.05, 0.1) is 18.3 Å². The average Bonchev–Trinajstić information content (AvgIpc) is 2.44. The summed E-state index contributed by atoms with van der Waals surface area (Å²) >= 11 is 0. The summed E-state index contributed by atoms with van der Waals surface area (Å²) in [7, 11) is 3.38. The Kier molecular flexibility index (Phi) is 4.30. The third kappa shape index (κ3) is 3.54. The summed E-state index contributed by atoms with van der Waals surface area (Å²) in [6.07, 6.45) is 0. The number of nitrogens with zero attached hydrogens (tertiary/aromatic N) is 2. The molecule has 16 heavy (non-hydrogen) atoms. The second-order valence-corrected chi connectivity index (χ2v) is 3.75. The van der Waals surface area contributed by atoms with E-state index in [1.165, 1.54) is 0 Å². The number of methoxy groups -OCH3 is 1. The van der Waals surface area contributed by atoms with E-state index >= 15 is 0 Å². The molecule has 1 aromatic heterocycles. The quantitative estimate of drug-likeness (QED) is 0.801. The van der Waals surface area contributed by atoms with Crippen molar-refractivity contribution in [1.29, 1.82) is 0 Å². The van der Waals surface area contributed by atoms with E-state index in [2.05, 4.69) is 15.7 Å². The van der Waals surface area contributed by atoms with E-state index in [1.54, 1.807) is 24.9 Å². The van der Waals surface area contributed by atoms with Crippen LogP contribution < -0.4 is 10.6 Å². The number of aryl methyl sites for hydroxylation is 2. The zero-order valence-corrected chi connectivity index (χ0v) is 10.1. The van der Waals surface area contributed by atoms with Gasteiger partial charge in [-0.2, -0.15) is 5.10 Å². The number of carbonyl (C=O) groups excluding carboxylic acids is 1. The summed E-state index contributed by atoms with van der Waals surface area (Å²) in [4.78, 5) is 11.5. The largest absolute Gasteiger partial charge is 0.383 e. The van der Waals surface area contributed by atoms with Gasteiger partial charge in [-0.05, 0) is 13.8 Å². The fourth-order valence-corrected chi connectivity index (χ4v) is 1.40. The Labute approximate surface area is 95.0 Å². The van der Waals surface area contributed by atoms with Crippen molar-refractivity contribution in [3.63, 3.8) is 0 Å². The molecule has 0 saturated heterocycles. The van der Waals surface area contributed by atoms with E-state index in [0.29, 0.717) is 12.4 Å². The van der Waals surface area contributed by atoms with Crippen LogP contribution in [0.25, 0.3) is 0 Å². The standard InChI is InChI=1S/C10H18N4O2/c1-7-5-9(14(3)13-7)12-10(15)11-8(2)6-16-4/h5,8H,6H2,1-4H3,(H2,11,12,15)/t8-/m0/s1. The van der Waals surface area contributed by atoms with E-state index in [1.807, 2.05) is 13.8 Å². The monoisotopic (exact) mass is 226 g/mol. The van der Waals surface area contributed by atoms with Crippen LogP contribution in [0, 0.1) is 6.92 Å². The van der Waals surface area contributed by atoms with Crippen molar-refractivity contribution in [1.82, 2.24) is 15.1 Å². The summed E-state index contributed by atoms with van der Waals surface area (Å²) in [6, 6.07) is 1.52. The van der Waals surface area contributed by atoms with Crippen LogP contribution in [-0.2, 0) is 11.8 Å². The first-order valence-corrected chi connectivity index (χ1v) is 5.10. The fraction of sp³-hybridized carbons (Fsp3) is 0.600. The van der Waals surface area contributed by atoms with Crippen LogP contribution in [-0.4, -0.2) is 35.6 Å². The molecule has 90 valence electrons.